The van der Waals surface area contributed by atoms with Gasteiger partial charge in [0.25, 0.3) is 0 Å². The van der Waals surface area contributed by atoms with Crippen LogP contribution in [0, 0.1) is 24.7 Å². The lowest BCUT2D eigenvalue weighted by molar-refractivity contribution is -0.129. The molecule has 1 fully saturated rings. The molecule has 3 N–H and O–H groups in total. The minimum atomic E-state index is -0.474. The molecule has 0 radical (unpaired) electrons. The van der Waals surface area contributed by atoms with Crippen LogP contribution in [0.2, 0.25) is 0 Å². The fraction of sp³-hybridized carbons (Fsp3) is 0.375. The monoisotopic (exact) mass is 536 g/mol. The Balaban J connectivity index is 1.30. The number of nitrogens with zero attached hydrogens (tertiary/aromatic N) is 4. The van der Waals surface area contributed by atoms with E-state index >= 15 is 0 Å². The van der Waals surface area contributed by atoms with Gasteiger partial charge in [0.05, 0.1) is 0 Å². The van der Waals surface area contributed by atoms with Crippen LogP contribution in [0.25, 0.3) is 11.1 Å². The van der Waals surface area contributed by atoms with Crippen molar-refractivity contribution in [2.45, 2.75) is 45.4 Å². The Bertz CT molecular complexity index is 1390. The molecule has 0 saturated heterocycles. The number of amides is 1. The summed E-state index contributed by atoms with van der Waals surface area (Å²) in [6, 6.07) is 17.6. The normalized spacial score (nSPS) is 19.2. The number of Topliss-reactive ketones (excluding diaryl/α,β-unsaturated/α-hetero) is 1. The highest BCUT2D eigenvalue weighted by Crippen LogP contribution is 2.31. The SMILES string of the molecule is Cc1ccncc1-c1ccc(C[C@H](CC(=O)C2CCC(CN)CC2)C(=O)Nc2ccc(C3=NCN=N3)cc2)cc1. The van der Waals surface area contributed by atoms with Crippen molar-refractivity contribution < 1.29 is 9.59 Å². The van der Waals surface area contributed by atoms with Gasteiger partial charge in [0.1, 0.15) is 5.78 Å². The Kier molecular flexibility index (Phi) is 8.86. The van der Waals surface area contributed by atoms with Crippen molar-refractivity contribution in [3.63, 3.8) is 0 Å². The number of azo groups is 1. The van der Waals surface area contributed by atoms with Crippen LogP contribution < -0.4 is 11.1 Å². The Morgan fingerprint density at radius 3 is 2.35 bits per heavy atom. The van der Waals surface area contributed by atoms with Gasteiger partial charge in [0, 0.05) is 47.5 Å². The lowest BCUT2D eigenvalue weighted by Gasteiger charge is -2.27. The van der Waals surface area contributed by atoms with Crippen molar-refractivity contribution in [1.29, 1.82) is 0 Å². The predicted molar refractivity (Wildman–Crippen MR) is 157 cm³/mol. The minimum Gasteiger partial charge on any atom is -0.330 e. The van der Waals surface area contributed by atoms with Gasteiger partial charge in [0.15, 0.2) is 12.5 Å². The van der Waals surface area contributed by atoms with Gasteiger partial charge in [-0.2, -0.15) is 5.11 Å². The third-order valence-corrected chi connectivity index (χ3v) is 8.10. The fourth-order valence-electron chi connectivity index (χ4n) is 5.58. The minimum absolute atomic E-state index is 0.00895. The number of hydrogen-bond donors (Lipinski definition) is 2. The van der Waals surface area contributed by atoms with Gasteiger partial charge < -0.3 is 11.1 Å². The van der Waals surface area contributed by atoms with Crippen molar-refractivity contribution in [2.24, 2.45) is 38.7 Å². The molecular formula is C32H36N6O2. The van der Waals surface area contributed by atoms with Gasteiger partial charge in [-0.15, -0.1) is 5.11 Å². The quantitative estimate of drug-likeness (QED) is 0.343. The van der Waals surface area contributed by atoms with Gasteiger partial charge in [-0.25, -0.2) is 4.99 Å². The van der Waals surface area contributed by atoms with E-state index in [9.17, 15) is 9.59 Å². The van der Waals surface area contributed by atoms with Gasteiger partial charge >= 0.3 is 0 Å². The molecule has 0 unspecified atom stereocenters. The van der Waals surface area contributed by atoms with Crippen LogP contribution in [0.1, 0.15) is 48.8 Å². The van der Waals surface area contributed by atoms with Crippen LogP contribution in [0.3, 0.4) is 0 Å². The molecule has 1 aliphatic carbocycles. The van der Waals surface area contributed by atoms with E-state index in [0.717, 1.165) is 53.5 Å². The number of benzene rings is 2. The van der Waals surface area contributed by atoms with E-state index < -0.39 is 5.92 Å². The van der Waals surface area contributed by atoms with E-state index in [1.165, 1.54) is 0 Å². The summed E-state index contributed by atoms with van der Waals surface area (Å²) in [4.78, 5) is 35.4. The molecule has 0 spiro atoms. The van der Waals surface area contributed by atoms with Crippen molar-refractivity contribution in [2.75, 3.05) is 18.5 Å². The molecule has 2 heterocycles. The molecule has 1 saturated carbocycles. The molecule has 1 aromatic heterocycles. The third-order valence-electron chi connectivity index (χ3n) is 8.10. The Morgan fingerprint density at radius 2 is 1.70 bits per heavy atom. The number of rotatable bonds is 10. The summed E-state index contributed by atoms with van der Waals surface area (Å²) in [6.07, 6.45) is 8.05. The zero-order chi connectivity index (χ0) is 27.9. The third kappa shape index (κ3) is 6.74. The van der Waals surface area contributed by atoms with Crippen molar-refractivity contribution in [1.82, 2.24) is 4.98 Å². The Labute approximate surface area is 235 Å². The predicted octanol–water partition coefficient (Wildman–Crippen LogP) is 5.75. The second-order valence-corrected chi connectivity index (χ2v) is 10.8. The van der Waals surface area contributed by atoms with Gasteiger partial charge in [-0.1, -0.05) is 24.3 Å². The molecule has 1 atom stereocenters. The van der Waals surface area contributed by atoms with E-state index in [1.807, 2.05) is 48.7 Å². The molecule has 1 amide bonds. The Hall–Kier alpha value is -4.04. The number of aryl methyl sites for hydroxylation is 1. The van der Waals surface area contributed by atoms with Crippen LogP contribution in [-0.4, -0.2) is 35.7 Å². The number of hydrogen-bond acceptors (Lipinski definition) is 7. The van der Waals surface area contributed by atoms with E-state index in [1.54, 1.807) is 6.20 Å². The molecule has 2 aromatic carbocycles. The molecule has 8 nitrogen and oxygen atoms in total. The number of carbonyl (C=O) groups excluding carboxylic acids is 2. The lowest BCUT2D eigenvalue weighted by atomic mass is 9.77. The smallest absolute Gasteiger partial charge is 0.228 e. The summed E-state index contributed by atoms with van der Waals surface area (Å²) >= 11 is 0. The molecule has 206 valence electrons. The number of aromatic nitrogens is 1. The number of nitrogens with two attached hydrogens (primary N) is 1. The number of pyridine rings is 1. The average molecular weight is 537 g/mol. The number of aliphatic imine (C=N–C) groups is 1. The van der Waals surface area contributed by atoms with Gasteiger partial charge in [-0.05, 0) is 98.5 Å². The fourth-order valence-corrected chi connectivity index (χ4v) is 5.58. The highest BCUT2D eigenvalue weighted by atomic mass is 16.2. The van der Waals surface area contributed by atoms with E-state index in [-0.39, 0.29) is 24.0 Å². The summed E-state index contributed by atoms with van der Waals surface area (Å²) in [5.74, 6) is 0.661. The molecule has 2 aliphatic rings. The van der Waals surface area contributed by atoms with E-state index in [2.05, 4.69) is 44.6 Å². The first-order valence-electron chi connectivity index (χ1n) is 14.1. The molecule has 3 aromatic rings. The number of anilines is 1. The maximum Gasteiger partial charge on any atom is 0.228 e. The van der Waals surface area contributed by atoms with Crippen molar-refractivity contribution in [3.8, 4) is 11.1 Å². The molecule has 0 bridgehead atoms. The first kappa shape index (κ1) is 27.5. The molecule has 5 rings (SSSR count). The van der Waals surface area contributed by atoms with Crippen LogP contribution in [0.15, 0.2) is 82.2 Å². The second-order valence-electron chi connectivity index (χ2n) is 10.8. The maximum absolute atomic E-state index is 13.6. The largest absolute Gasteiger partial charge is 0.330 e. The first-order valence-corrected chi connectivity index (χ1v) is 14.1. The number of ketones is 1. The van der Waals surface area contributed by atoms with Crippen molar-refractivity contribution in [3.05, 3.63) is 83.7 Å². The Morgan fingerprint density at radius 1 is 0.975 bits per heavy atom. The first-order chi connectivity index (χ1) is 19.5. The average Bonchev–Trinajstić information content (AvgIpc) is 3.53. The highest BCUT2D eigenvalue weighted by Gasteiger charge is 2.30. The van der Waals surface area contributed by atoms with Crippen LogP contribution in [0.4, 0.5) is 5.69 Å². The number of nitrogens with one attached hydrogen (secondary N) is 1. The number of carbonyl (C=O) groups is 2. The topological polar surface area (TPSA) is 122 Å². The zero-order valence-corrected chi connectivity index (χ0v) is 22.9. The van der Waals surface area contributed by atoms with Crippen LogP contribution in [-0.2, 0) is 16.0 Å². The second kappa shape index (κ2) is 12.9. The maximum atomic E-state index is 13.6. The van der Waals surface area contributed by atoms with Crippen molar-refractivity contribution >= 4 is 23.2 Å². The number of amidine groups is 1. The van der Waals surface area contributed by atoms with E-state index in [4.69, 9.17) is 5.73 Å². The summed E-state index contributed by atoms with van der Waals surface area (Å²) < 4.78 is 0. The molecular weight excluding hydrogens is 500 g/mol. The summed E-state index contributed by atoms with van der Waals surface area (Å²) in [5, 5.41) is 11.0. The molecule has 1 aliphatic heterocycles. The lowest BCUT2D eigenvalue weighted by Crippen LogP contribution is -2.31. The van der Waals surface area contributed by atoms with Gasteiger partial charge in [-0.3, -0.25) is 14.6 Å². The van der Waals surface area contributed by atoms with Gasteiger partial charge in [0.2, 0.25) is 5.91 Å². The van der Waals surface area contributed by atoms with Crippen LogP contribution >= 0.6 is 0 Å². The summed E-state index contributed by atoms with van der Waals surface area (Å²) in [7, 11) is 0. The zero-order valence-electron chi connectivity index (χ0n) is 22.9. The summed E-state index contributed by atoms with van der Waals surface area (Å²) in [5.41, 5.74) is 11.7. The molecule has 8 heteroatoms. The molecule has 40 heavy (non-hydrogen) atoms. The summed E-state index contributed by atoms with van der Waals surface area (Å²) in [6.45, 7) is 3.09. The van der Waals surface area contributed by atoms with Crippen LogP contribution in [0.5, 0.6) is 0 Å². The van der Waals surface area contributed by atoms with E-state index in [0.29, 0.717) is 37.1 Å². The highest BCUT2D eigenvalue weighted by molar-refractivity contribution is 6.01. The standard InChI is InChI=1S/C32H36N6O2/c1-21-14-15-34-19-29(21)24-6-2-22(3-7-24)16-27(17-30(39)25-8-4-23(18-33)5-9-25)32(40)37-28-12-10-26(11-13-28)31-35-20-36-38-31/h2-3,6-7,10-15,19,23,25,27H,4-5,8-9,16-18,20,33H2,1H3,(H,37,40)/t23?,25?,27-/m1/s1.